The Morgan fingerprint density at radius 3 is 2.23 bits per heavy atom. The Kier molecular flexibility index (Phi) is 6.05. The van der Waals surface area contributed by atoms with Crippen LogP contribution in [0.25, 0.3) is 0 Å². The molecule has 1 unspecified atom stereocenters. The first-order valence-electron chi connectivity index (χ1n) is 9.20. The third-order valence-electron chi connectivity index (χ3n) is 5.44. The van der Waals surface area contributed by atoms with Crippen molar-refractivity contribution in [3.63, 3.8) is 0 Å². The Morgan fingerprint density at radius 2 is 1.69 bits per heavy atom. The van der Waals surface area contributed by atoms with Crippen molar-refractivity contribution >= 4 is 23.2 Å². The minimum absolute atomic E-state index is 0.187. The summed E-state index contributed by atoms with van der Waals surface area (Å²) in [7, 11) is 0. The van der Waals surface area contributed by atoms with Gasteiger partial charge in [-0.15, -0.1) is 11.8 Å². The molecule has 1 aliphatic rings. The van der Waals surface area contributed by atoms with Crippen LogP contribution in [0.3, 0.4) is 0 Å². The van der Waals surface area contributed by atoms with Gasteiger partial charge in [-0.1, -0.05) is 31.2 Å². The molecule has 0 spiro atoms. The van der Waals surface area contributed by atoms with Gasteiger partial charge in [0.15, 0.2) is 5.78 Å². The van der Waals surface area contributed by atoms with Gasteiger partial charge in [0.1, 0.15) is 0 Å². The van der Waals surface area contributed by atoms with Crippen LogP contribution >= 0.6 is 11.8 Å². The first-order chi connectivity index (χ1) is 12.6. The Hall–Kier alpha value is -1.78. The number of hydrogen-bond donors (Lipinski definition) is 0. The van der Waals surface area contributed by atoms with E-state index in [1.54, 1.807) is 11.8 Å². The molecule has 1 fully saturated rings. The molecule has 2 aromatic rings. The number of thioether (sulfide) groups is 1. The highest BCUT2D eigenvalue weighted by Crippen LogP contribution is 2.33. The summed E-state index contributed by atoms with van der Waals surface area (Å²) in [6.45, 7) is 7.54. The maximum absolute atomic E-state index is 13.3. The van der Waals surface area contributed by atoms with Crippen LogP contribution in [0.5, 0.6) is 0 Å². The molecule has 1 heterocycles. The second kappa shape index (κ2) is 8.28. The van der Waals surface area contributed by atoms with E-state index < -0.39 is 5.41 Å². The fourth-order valence-corrected chi connectivity index (χ4v) is 3.83. The number of carbonyl (C=O) groups excluding carboxylic acids is 1. The number of benzene rings is 2. The molecular weight excluding hydrogens is 342 g/mol. The van der Waals surface area contributed by atoms with Gasteiger partial charge in [-0.05, 0) is 49.4 Å². The van der Waals surface area contributed by atoms with Crippen LogP contribution in [0.1, 0.15) is 36.2 Å². The zero-order valence-electron chi connectivity index (χ0n) is 15.8. The number of nitrogens with zero attached hydrogens (tertiary/aromatic N) is 1. The smallest absolute Gasteiger partial charge is 0.173 e. The van der Waals surface area contributed by atoms with E-state index in [1.165, 1.54) is 10.6 Å². The van der Waals surface area contributed by atoms with Crippen molar-refractivity contribution in [3.8, 4) is 0 Å². The first-order valence-corrected chi connectivity index (χ1v) is 10.4. The Labute approximate surface area is 160 Å². The maximum Gasteiger partial charge on any atom is 0.173 e. The van der Waals surface area contributed by atoms with Crippen LogP contribution in [-0.4, -0.2) is 38.3 Å². The third-order valence-corrected chi connectivity index (χ3v) is 6.18. The lowest BCUT2D eigenvalue weighted by Crippen LogP contribution is -2.36. The van der Waals surface area contributed by atoms with E-state index >= 15 is 0 Å². The molecule has 0 aromatic heterocycles. The fraction of sp³-hybridized carbons (Fsp3) is 0.409. The molecule has 138 valence electrons. The highest BCUT2D eigenvalue weighted by molar-refractivity contribution is 7.98. The molecule has 0 N–H and O–H groups in total. The normalized spacial score (nSPS) is 17.0. The second-order valence-electron chi connectivity index (χ2n) is 6.89. The van der Waals surface area contributed by atoms with Gasteiger partial charge in [0.05, 0.1) is 18.6 Å². The number of ether oxygens (including phenoxy) is 1. The van der Waals surface area contributed by atoms with Gasteiger partial charge in [-0.3, -0.25) is 4.79 Å². The van der Waals surface area contributed by atoms with Crippen LogP contribution in [-0.2, 0) is 10.2 Å². The van der Waals surface area contributed by atoms with Gasteiger partial charge in [0.2, 0.25) is 0 Å². The van der Waals surface area contributed by atoms with Crippen molar-refractivity contribution < 1.29 is 9.53 Å². The zero-order chi connectivity index (χ0) is 18.6. The molecule has 2 aromatic carbocycles. The molecule has 0 amide bonds. The van der Waals surface area contributed by atoms with E-state index in [0.29, 0.717) is 0 Å². The predicted molar refractivity (Wildman–Crippen MR) is 110 cm³/mol. The monoisotopic (exact) mass is 369 g/mol. The molecular formula is C22H27NO2S. The number of hydrogen-bond acceptors (Lipinski definition) is 4. The van der Waals surface area contributed by atoms with E-state index in [-0.39, 0.29) is 5.78 Å². The lowest BCUT2D eigenvalue weighted by molar-refractivity contribution is 0.0892. The Morgan fingerprint density at radius 1 is 1.08 bits per heavy atom. The zero-order valence-corrected chi connectivity index (χ0v) is 16.6. The molecule has 4 heteroatoms. The van der Waals surface area contributed by atoms with Crippen molar-refractivity contribution in [1.82, 2.24) is 0 Å². The van der Waals surface area contributed by atoms with E-state index in [2.05, 4.69) is 43.0 Å². The predicted octanol–water partition coefficient (Wildman–Crippen LogP) is 4.80. The molecule has 1 aliphatic heterocycles. The van der Waals surface area contributed by atoms with Crippen molar-refractivity contribution in [2.75, 3.05) is 37.5 Å². The van der Waals surface area contributed by atoms with Crippen molar-refractivity contribution in [1.29, 1.82) is 0 Å². The van der Waals surface area contributed by atoms with Crippen LogP contribution in [0.2, 0.25) is 0 Å². The summed E-state index contributed by atoms with van der Waals surface area (Å²) in [4.78, 5) is 16.8. The van der Waals surface area contributed by atoms with E-state index in [9.17, 15) is 4.79 Å². The highest BCUT2D eigenvalue weighted by atomic mass is 32.2. The molecule has 1 atom stereocenters. The summed E-state index contributed by atoms with van der Waals surface area (Å²) in [6.07, 6.45) is 2.82. The van der Waals surface area contributed by atoms with Gasteiger partial charge < -0.3 is 9.64 Å². The van der Waals surface area contributed by atoms with Gasteiger partial charge in [0.25, 0.3) is 0 Å². The summed E-state index contributed by atoms with van der Waals surface area (Å²) in [6, 6.07) is 16.4. The Balaban J connectivity index is 1.84. The minimum Gasteiger partial charge on any atom is -0.378 e. The van der Waals surface area contributed by atoms with Gasteiger partial charge >= 0.3 is 0 Å². The highest BCUT2D eigenvalue weighted by Gasteiger charge is 2.34. The molecule has 0 radical (unpaired) electrons. The first kappa shape index (κ1) is 19.0. The Bertz CT molecular complexity index is 736. The molecule has 1 saturated heterocycles. The lowest BCUT2D eigenvalue weighted by atomic mass is 9.74. The van der Waals surface area contributed by atoms with Gasteiger partial charge in [-0.2, -0.15) is 0 Å². The van der Waals surface area contributed by atoms with Crippen LogP contribution < -0.4 is 4.90 Å². The number of ketones is 1. The van der Waals surface area contributed by atoms with E-state index in [0.717, 1.165) is 43.9 Å². The fourth-order valence-electron chi connectivity index (χ4n) is 3.42. The quantitative estimate of drug-likeness (QED) is 0.540. The summed E-state index contributed by atoms with van der Waals surface area (Å²) in [5.74, 6) is 0.187. The van der Waals surface area contributed by atoms with Gasteiger partial charge in [-0.25, -0.2) is 0 Å². The van der Waals surface area contributed by atoms with E-state index in [4.69, 9.17) is 4.74 Å². The number of Topliss-reactive ketones (excluding diaryl/α,β-unsaturated/α-hetero) is 1. The molecule has 3 rings (SSSR count). The average molecular weight is 370 g/mol. The van der Waals surface area contributed by atoms with E-state index in [1.807, 2.05) is 30.5 Å². The topological polar surface area (TPSA) is 29.5 Å². The summed E-state index contributed by atoms with van der Waals surface area (Å²) >= 11 is 1.69. The number of carbonyl (C=O) groups is 1. The second-order valence-corrected chi connectivity index (χ2v) is 7.77. The number of rotatable bonds is 6. The summed E-state index contributed by atoms with van der Waals surface area (Å²) in [5, 5.41) is 0. The van der Waals surface area contributed by atoms with Gasteiger partial charge in [0, 0.05) is 29.2 Å². The minimum atomic E-state index is -0.510. The lowest BCUT2D eigenvalue weighted by Gasteiger charge is -2.31. The molecule has 26 heavy (non-hydrogen) atoms. The SMILES string of the molecule is CCC(C)(C(=O)c1ccc(SC)cc1)c1ccc(N2CCOCC2)cc1. The van der Waals surface area contributed by atoms with Crippen molar-refractivity contribution in [2.24, 2.45) is 0 Å². The third kappa shape index (κ3) is 3.81. The molecule has 3 nitrogen and oxygen atoms in total. The van der Waals surface area contributed by atoms with Crippen LogP contribution in [0.15, 0.2) is 53.4 Å². The number of morpholine rings is 1. The largest absolute Gasteiger partial charge is 0.378 e. The summed E-state index contributed by atoms with van der Waals surface area (Å²) < 4.78 is 5.43. The molecule has 0 bridgehead atoms. The van der Waals surface area contributed by atoms with Crippen molar-refractivity contribution in [3.05, 3.63) is 59.7 Å². The standard InChI is InChI=1S/C22H27NO2S/c1-4-22(2,21(24)17-5-11-20(26-3)12-6-17)18-7-9-19(10-8-18)23-13-15-25-16-14-23/h5-12H,4,13-16H2,1-3H3. The number of anilines is 1. The average Bonchev–Trinajstić information content (AvgIpc) is 2.73. The van der Waals surface area contributed by atoms with Crippen molar-refractivity contribution in [2.45, 2.75) is 30.6 Å². The molecule has 0 saturated carbocycles. The van der Waals surface area contributed by atoms with Crippen LogP contribution in [0, 0.1) is 0 Å². The summed E-state index contributed by atoms with van der Waals surface area (Å²) in [5.41, 5.74) is 2.55. The maximum atomic E-state index is 13.3. The molecule has 0 aliphatic carbocycles. The van der Waals surface area contributed by atoms with Crippen LogP contribution in [0.4, 0.5) is 5.69 Å².